The quantitative estimate of drug-likeness (QED) is 0.533. The Labute approximate surface area is 169 Å². The van der Waals surface area contributed by atoms with E-state index in [1.165, 1.54) is 0 Å². The monoisotopic (exact) mass is 395 g/mol. The predicted molar refractivity (Wildman–Crippen MR) is 114 cm³/mol. The van der Waals surface area contributed by atoms with Crippen molar-refractivity contribution in [1.29, 1.82) is 0 Å². The molecule has 2 aromatic heterocycles. The van der Waals surface area contributed by atoms with E-state index in [0.29, 0.717) is 6.61 Å². The molecule has 0 saturated carbocycles. The molecule has 0 aliphatic rings. The summed E-state index contributed by atoms with van der Waals surface area (Å²) in [5.41, 5.74) is 5.10. The van der Waals surface area contributed by atoms with Crippen molar-refractivity contribution in [2.24, 2.45) is 0 Å². The topological polar surface area (TPSA) is 64.1 Å². The first-order valence-corrected chi connectivity index (χ1v) is 10.5. The van der Waals surface area contributed by atoms with Crippen LogP contribution < -0.4 is 5.32 Å². The molecule has 5 nitrogen and oxygen atoms in total. The number of esters is 1. The molecule has 3 aromatic rings. The molecule has 0 bridgehead atoms. The van der Waals surface area contributed by atoms with E-state index in [9.17, 15) is 4.79 Å². The Morgan fingerprint density at radius 2 is 1.86 bits per heavy atom. The van der Waals surface area contributed by atoms with E-state index in [0.717, 1.165) is 52.6 Å². The maximum Gasteiger partial charge on any atom is 0.310 e. The molecular weight excluding hydrogens is 370 g/mol. The van der Waals surface area contributed by atoms with Crippen LogP contribution in [0.5, 0.6) is 0 Å². The van der Waals surface area contributed by atoms with Gasteiger partial charge in [0.15, 0.2) is 5.82 Å². The number of nitrogens with one attached hydrogen (secondary N) is 1. The highest BCUT2D eigenvalue weighted by molar-refractivity contribution is 7.08. The first kappa shape index (κ1) is 20.0. The molecule has 0 spiro atoms. The van der Waals surface area contributed by atoms with E-state index in [2.05, 4.69) is 24.5 Å². The lowest BCUT2D eigenvalue weighted by atomic mass is 10.1. The second-order valence-corrected chi connectivity index (χ2v) is 7.12. The highest BCUT2D eigenvalue weighted by Crippen LogP contribution is 2.27. The Morgan fingerprint density at radius 1 is 1.07 bits per heavy atom. The summed E-state index contributed by atoms with van der Waals surface area (Å²) in [6.07, 6.45) is 2.00. The summed E-state index contributed by atoms with van der Waals surface area (Å²) in [6, 6.07) is 9.84. The summed E-state index contributed by atoms with van der Waals surface area (Å²) in [5, 5.41) is 7.54. The number of hydrogen-bond donors (Lipinski definition) is 1. The van der Waals surface area contributed by atoms with E-state index < -0.39 is 0 Å². The van der Waals surface area contributed by atoms with Crippen molar-refractivity contribution in [2.75, 3.05) is 11.9 Å². The zero-order valence-corrected chi connectivity index (χ0v) is 17.3. The van der Waals surface area contributed by atoms with Gasteiger partial charge in [-0.05, 0) is 48.9 Å². The zero-order chi connectivity index (χ0) is 19.9. The largest absolute Gasteiger partial charge is 0.466 e. The fourth-order valence-electron chi connectivity index (χ4n) is 3.04. The Hall–Kier alpha value is -2.73. The third kappa shape index (κ3) is 4.75. The second-order valence-electron chi connectivity index (χ2n) is 6.34. The van der Waals surface area contributed by atoms with Crippen molar-refractivity contribution in [2.45, 2.75) is 40.0 Å². The van der Waals surface area contributed by atoms with Crippen LogP contribution in [-0.2, 0) is 28.8 Å². The van der Waals surface area contributed by atoms with Gasteiger partial charge in [0, 0.05) is 27.9 Å². The average molecular weight is 396 g/mol. The van der Waals surface area contributed by atoms with Gasteiger partial charge in [-0.3, -0.25) is 4.79 Å². The average Bonchev–Trinajstić information content (AvgIpc) is 3.24. The van der Waals surface area contributed by atoms with Crippen LogP contribution in [0.15, 0.2) is 41.1 Å². The van der Waals surface area contributed by atoms with Crippen LogP contribution >= 0.6 is 11.3 Å². The number of rotatable bonds is 8. The van der Waals surface area contributed by atoms with Gasteiger partial charge in [0.2, 0.25) is 0 Å². The SMILES string of the molecule is CCOC(=O)Cc1ccc(Nc2nc(-c3ccsc3)nc(CC)c2CC)cc1. The van der Waals surface area contributed by atoms with Crippen molar-refractivity contribution >= 4 is 28.8 Å². The molecule has 1 aromatic carbocycles. The maximum absolute atomic E-state index is 11.6. The van der Waals surface area contributed by atoms with Gasteiger partial charge < -0.3 is 10.1 Å². The van der Waals surface area contributed by atoms with Crippen LogP contribution in [0, 0.1) is 0 Å². The summed E-state index contributed by atoms with van der Waals surface area (Å²) < 4.78 is 5.01. The Balaban J connectivity index is 1.86. The fraction of sp³-hybridized carbons (Fsp3) is 0.318. The molecule has 2 heterocycles. The highest BCUT2D eigenvalue weighted by atomic mass is 32.1. The molecule has 0 saturated heterocycles. The van der Waals surface area contributed by atoms with E-state index >= 15 is 0 Å². The number of nitrogens with zero attached hydrogens (tertiary/aromatic N) is 2. The Morgan fingerprint density at radius 3 is 2.46 bits per heavy atom. The molecule has 146 valence electrons. The maximum atomic E-state index is 11.6. The summed E-state index contributed by atoms with van der Waals surface area (Å²) >= 11 is 1.64. The van der Waals surface area contributed by atoms with Crippen LogP contribution in [0.2, 0.25) is 0 Å². The first-order chi connectivity index (χ1) is 13.6. The zero-order valence-electron chi connectivity index (χ0n) is 16.5. The lowest BCUT2D eigenvalue weighted by Crippen LogP contribution is -2.08. The number of ether oxygens (including phenoxy) is 1. The number of aryl methyl sites for hydroxylation is 1. The van der Waals surface area contributed by atoms with Crippen LogP contribution in [0.4, 0.5) is 11.5 Å². The number of benzene rings is 1. The van der Waals surface area contributed by atoms with Gasteiger partial charge in [0.25, 0.3) is 0 Å². The molecule has 3 rings (SSSR count). The predicted octanol–water partition coefficient (Wildman–Crippen LogP) is 5.18. The van der Waals surface area contributed by atoms with Gasteiger partial charge in [0.05, 0.1) is 13.0 Å². The minimum atomic E-state index is -0.208. The lowest BCUT2D eigenvalue weighted by molar-refractivity contribution is -0.142. The van der Waals surface area contributed by atoms with Gasteiger partial charge >= 0.3 is 5.97 Å². The molecule has 0 unspecified atom stereocenters. The minimum absolute atomic E-state index is 0.208. The van der Waals surface area contributed by atoms with Crippen molar-refractivity contribution in [3.8, 4) is 11.4 Å². The minimum Gasteiger partial charge on any atom is -0.466 e. The number of anilines is 2. The summed E-state index contributed by atoms with van der Waals surface area (Å²) in [5.74, 6) is 1.38. The van der Waals surface area contributed by atoms with E-state index in [1.807, 2.05) is 42.6 Å². The molecular formula is C22H25N3O2S. The van der Waals surface area contributed by atoms with Crippen molar-refractivity contribution in [1.82, 2.24) is 9.97 Å². The van der Waals surface area contributed by atoms with Gasteiger partial charge in [-0.2, -0.15) is 11.3 Å². The van der Waals surface area contributed by atoms with Crippen molar-refractivity contribution in [3.63, 3.8) is 0 Å². The first-order valence-electron chi connectivity index (χ1n) is 9.58. The number of carbonyl (C=O) groups excluding carboxylic acids is 1. The van der Waals surface area contributed by atoms with Crippen LogP contribution in [0.1, 0.15) is 37.6 Å². The van der Waals surface area contributed by atoms with Gasteiger partial charge in [-0.15, -0.1) is 0 Å². The Kier molecular flexibility index (Phi) is 6.76. The molecule has 0 atom stereocenters. The van der Waals surface area contributed by atoms with Crippen LogP contribution in [-0.4, -0.2) is 22.5 Å². The third-order valence-electron chi connectivity index (χ3n) is 4.43. The number of hydrogen-bond acceptors (Lipinski definition) is 6. The fourth-order valence-corrected chi connectivity index (χ4v) is 3.67. The highest BCUT2D eigenvalue weighted by Gasteiger charge is 2.14. The molecule has 0 aliphatic carbocycles. The molecule has 1 N–H and O–H groups in total. The van der Waals surface area contributed by atoms with Gasteiger partial charge in [0.1, 0.15) is 5.82 Å². The summed E-state index contributed by atoms with van der Waals surface area (Å²) in [6.45, 7) is 6.45. The Bertz CT molecular complexity index is 922. The lowest BCUT2D eigenvalue weighted by Gasteiger charge is -2.15. The number of aromatic nitrogens is 2. The molecule has 6 heteroatoms. The second kappa shape index (κ2) is 9.46. The molecule has 28 heavy (non-hydrogen) atoms. The summed E-state index contributed by atoms with van der Waals surface area (Å²) in [7, 11) is 0. The molecule has 0 radical (unpaired) electrons. The normalized spacial score (nSPS) is 10.7. The molecule has 0 fully saturated rings. The van der Waals surface area contributed by atoms with E-state index in [-0.39, 0.29) is 12.4 Å². The van der Waals surface area contributed by atoms with Crippen LogP contribution in [0.25, 0.3) is 11.4 Å². The van der Waals surface area contributed by atoms with E-state index in [4.69, 9.17) is 14.7 Å². The van der Waals surface area contributed by atoms with Gasteiger partial charge in [-0.1, -0.05) is 26.0 Å². The number of thiophene rings is 1. The van der Waals surface area contributed by atoms with Crippen LogP contribution in [0.3, 0.4) is 0 Å². The molecule has 0 aliphatic heterocycles. The third-order valence-corrected chi connectivity index (χ3v) is 5.11. The number of carbonyl (C=O) groups is 1. The smallest absolute Gasteiger partial charge is 0.310 e. The summed E-state index contributed by atoms with van der Waals surface area (Å²) in [4.78, 5) is 21.2. The standard InChI is InChI=1S/C22H25N3O2S/c1-4-18-19(5-2)24-21(16-11-12-28-14-16)25-22(18)23-17-9-7-15(8-10-17)13-20(26)27-6-3/h7-12,14H,4-6,13H2,1-3H3,(H,23,24,25). The van der Waals surface area contributed by atoms with E-state index in [1.54, 1.807) is 11.3 Å². The van der Waals surface area contributed by atoms with Crippen molar-refractivity contribution in [3.05, 3.63) is 57.9 Å². The van der Waals surface area contributed by atoms with Crippen molar-refractivity contribution < 1.29 is 9.53 Å². The molecule has 0 amide bonds. The van der Waals surface area contributed by atoms with Gasteiger partial charge in [-0.25, -0.2) is 9.97 Å².